The maximum atomic E-state index is 12.5. The predicted octanol–water partition coefficient (Wildman–Crippen LogP) is 3.59. The van der Waals surface area contributed by atoms with E-state index in [1.165, 1.54) is 18.2 Å². The highest BCUT2D eigenvalue weighted by atomic mass is 16.5. The summed E-state index contributed by atoms with van der Waals surface area (Å²) in [5, 5.41) is 2.67. The lowest BCUT2D eigenvalue weighted by Crippen LogP contribution is -2.28. The number of hydrogen-bond acceptors (Lipinski definition) is 4. The SMILES string of the molecule is CCNC(=O)COc1ccc(/C=C/C(=O)c2ccc3c(c2)CCC3)cc1OC. The molecule has 0 saturated carbocycles. The molecule has 0 bridgehead atoms. The van der Waals surface area contributed by atoms with Crippen LogP contribution in [0, 0.1) is 0 Å². The van der Waals surface area contributed by atoms with Crippen LogP contribution in [0.2, 0.25) is 0 Å². The van der Waals surface area contributed by atoms with Crippen molar-refractivity contribution in [2.24, 2.45) is 0 Å². The van der Waals surface area contributed by atoms with Gasteiger partial charge in [0.2, 0.25) is 0 Å². The van der Waals surface area contributed by atoms with Gasteiger partial charge in [-0.2, -0.15) is 0 Å². The summed E-state index contributed by atoms with van der Waals surface area (Å²) < 4.78 is 10.9. The minimum Gasteiger partial charge on any atom is -0.493 e. The summed E-state index contributed by atoms with van der Waals surface area (Å²) >= 11 is 0. The Kier molecular flexibility index (Phi) is 6.48. The smallest absolute Gasteiger partial charge is 0.257 e. The monoisotopic (exact) mass is 379 g/mol. The number of fused-ring (bicyclic) bond motifs is 1. The van der Waals surface area contributed by atoms with E-state index in [2.05, 4.69) is 11.4 Å². The van der Waals surface area contributed by atoms with Crippen molar-refractivity contribution in [3.05, 3.63) is 64.7 Å². The average molecular weight is 379 g/mol. The summed E-state index contributed by atoms with van der Waals surface area (Å²) in [6, 6.07) is 11.3. The van der Waals surface area contributed by atoms with Crippen LogP contribution in [0.3, 0.4) is 0 Å². The fourth-order valence-electron chi connectivity index (χ4n) is 3.29. The van der Waals surface area contributed by atoms with Crippen LogP contribution in [0.1, 0.15) is 40.4 Å². The molecule has 2 aromatic carbocycles. The van der Waals surface area contributed by atoms with Crippen LogP contribution in [0.4, 0.5) is 0 Å². The molecule has 1 amide bonds. The summed E-state index contributed by atoms with van der Waals surface area (Å²) in [5.74, 6) is 0.783. The molecule has 0 spiro atoms. The molecule has 5 heteroatoms. The number of ether oxygens (including phenoxy) is 2. The third-order valence-electron chi connectivity index (χ3n) is 4.73. The van der Waals surface area contributed by atoms with E-state index in [1.807, 2.05) is 25.1 Å². The normalized spacial score (nSPS) is 12.6. The summed E-state index contributed by atoms with van der Waals surface area (Å²) in [6.07, 6.45) is 6.65. The van der Waals surface area contributed by atoms with Crippen molar-refractivity contribution < 1.29 is 19.1 Å². The van der Waals surface area contributed by atoms with Crippen LogP contribution in [-0.4, -0.2) is 32.0 Å². The average Bonchev–Trinajstić information content (AvgIpc) is 3.18. The summed E-state index contributed by atoms with van der Waals surface area (Å²) in [5.41, 5.74) is 4.17. The van der Waals surface area contributed by atoms with Crippen molar-refractivity contribution in [3.8, 4) is 11.5 Å². The van der Waals surface area contributed by atoms with Crippen LogP contribution >= 0.6 is 0 Å². The van der Waals surface area contributed by atoms with E-state index in [-0.39, 0.29) is 18.3 Å². The predicted molar refractivity (Wildman–Crippen MR) is 109 cm³/mol. The van der Waals surface area contributed by atoms with Crippen molar-refractivity contribution >= 4 is 17.8 Å². The van der Waals surface area contributed by atoms with Crippen LogP contribution in [0.5, 0.6) is 11.5 Å². The third-order valence-corrected chi connectivity index (χ3v) is 4.73. The fourth-order valence-corrected chi connectivity index (χ4v) is 3.29. The Morgan fingerprint density at radius 3 is 2.68 bits per heavy atom. The Morgan fingerprint density at radius 2 is 1.89 bits per heavy atom. The van der Waals surface area contributed by atoms with Crippen molar-refractivity contribution in [1.82, 2.24) is 5.32 Å². The molecule has 3 rings (SSSR count). The number of benzene rings is 2. The Hall–Kier alpha value is -3.08. The molecule has 0 fully saturated rings. The number of likely N-dealkylation sites (N-methyl/N-ethyl adjacent to an activating group) is 1. The number of rotatable bonds is 8. The van der Waals surface area contributed by atoms with Crippen molar-refractivity contribution in [2.75, 3.05) is 20.3 Å². The van der Waals surface area contributed by atoms with Gasteiger partial charge in [-0.05, 0) is 67.2 Å². The molecule has 5 nitrogen and oxygen atoms in total. The zero-order valence-corrected chi connectivity index (χ0v) is 16.3. The van der Waals surface area contributed by atoms with Crippen molar-refractivity contribution in [3.63, 3.8) is 0 Å². The van der Waals surface area contributed by atoms with Gasteiger partial charge in [0.1, 0.15) is 0 Å². The first-order valence-corrected chi connectivity index (χ1v) is 9.52. The molecule has 0 aromatic heterocycles. The minimum atomic E-state index is -0.187. The van der Waals surface area contributed by atoms with Gasteiger partial charge in [0.05, 0.1) is 7.11 Å². The first-order valence-electron chi connectivity index (χ1n) is 9.52. The molecule has 28 heavy (non-hydrogen) atoms. The molecule has 0 aliphatic heterocycles. The van der Waals surface area contributed by atoms with E-state index in [4.69, 9.17) is 9.47 Å². The van der Waals surface area contributed by atoms with E-state index in [1.54, 1.807) is 24.3 Å². The van der Waals surface area contributed by atoms with Gasteiger partial charge in [-0.3, -0.25) is 9.59 Å². The molecule has 0 atom stereocenters. The molecule has 0 unspecified atom stereocenters. The number of aryl methyl sites for hydroxylation is 2. The second kappa shape index (κ2) is 9.22. The first-order chi connectivity index (χ1) is 13.6. The van der Waals surface area contributed by atoms with Gasteiger partial charge in [-0.25, -0.2) is 0 Å². The number of methoxy groups -OCH3 is 1. The molecule has 0 saturated heterocycles. The van der Waals surface area contributed by atoms with Gasteiger partial charge in [0.15, 0.2) is 23.9 Å². The topological polar surface area (TPSA) is 64.6 Å². The lowest BCUT2D eigenvalue weighted by Gasteiger charge is -2.11. The Labute approximate surface area is 165 Å². The number of allylic oxidation sites excluding steroid dienone is 1. The lowest BCUT2D eigenvalue weighted by atomic mass is 10.0. The minimum absolute atomic E-state index is 0.0229. The van der Waals surface area contributed by atoms with Crippen LogP contribution in [0.25, 0.3) is 6.08 Å². The molecular formula is C23H25NO4. The number of carbonyl (C=O) groups is 2. The zero-order chi connectivity index (χ0) is 19.9. The quantitative estimate of drug-likeness (QED) is 0.562. The number of ketones is 1. The highest BCUT2D eigenvalue weighted by Crippen LogP contribution is 2.29. The second-order valence-corrected chi connectivity index (χ2v) is 6.69. The lowest BCUT2D eigenvalue weighted by molar-refractivity contribution is -0.123. The van der Waals surface area contributed by atoms with Gasteiger partial charge in [-0.15, -0.1) is 0 Å². The van der Waals surface area contributed by atoms with Crippen LogP contribution in [0.15, 0.2) is 42.5 Å². The first kappa shape index (κ1) is 19.7. The molecular weight excluding hydrogens is 354 g/mol. The molecule has 1 aliphatic carbocycles. The van der Waals surface area contributed by atoms with Gasteiger partial charge < -0.3 is 14.8 Å². The molecule has 2 aromatic rings. The van der Waals surface area contributed by atoms with E-state index < -0.39 is 0 Å². The highest BCUT2D eigenvalue weighted by molar-refractivity contribution is 6.07. The summed E-state index contributed by atoms with van der Waals surface area (Å²) in [7, 11) is 1.54. The van der Waals surface area contributed by atoms with E-state index in [0.29, 0.717) is 23.6 Å². The molecule has 146 valence electrons. The molecule has 0 heterocycles. The highest BCUT2D eigenvalue weighted by Gasteiger charge is 2.13. The fraction of sp³-hybridized carbons (Fsp3) is 0.304. The number of nitrogens with one attached hydrogen (secondary N) is 1. The van der Waals surface area contributed by atoms with Crippen molar-refractivity contribution in [1.29, 1.82) is 0 Å². The number of amides is 1. The maximum Gasteiger partial charge on any atom is 0.257 e. The second-order valence-electron chi connectivity index (χ2n) is 6.69. The summed E-state index contributed by atoms with van der Waals surface area (Å²) in [4.78, 5) is 24.0. The molecule has 1 N–H and O–H groups in total. The van der Waals surface area contributed by atoms with Gasteiger partial charge in [-0.1, -0.05) is 24.3 Å². The van der Waals surface area contributed by atoms with Gasteiger partial charge >= 0.3 is 0 Å². The van der Waals surface area contributed by atoms with Gasteiger partial charge in [0, 0.05) is 12.1 Å². The molecule has 0 radical (unpaired) electrons. The Balaban J connectivity index is 1.68. The Morgan fingerprint density at radius 1 is 1.07 bits per heavy atom. The van der Waals surface area contributed by atoms with Gasteiger partial charge in [0.25, 0.3) is 5.91 Å². The maximum absolute atomic E-state index is 12.5. The number of hydrogen-bond donors (Lipinski definition) is 1. The van der Waals surface area contributed by atoms with E-state index in [9.17, 15) is 9.59 Å². The Bertz CT molecular complexity index is 901. The largest absolute Gasteiger partial charge is 0.493 e. The number of carbonyl (C=O) groups excluding carboxylic acids is 2. The van der Waals surface area contributed by atoms with Crippen LogP contribution < -0.4 is 14.8 Å². The van der Waals surface area contributed by atoms with Crippen LogP contribution in [-0.2, 0) is 17.6 Å². The van der Waals surface area contributed by atoms with Crippen molar-refractivity contribution in [2.45, 2.75) is 26.2 Å². The van der Waals surface area contributed by atoms with E-state index >= 15 is 0 Å². The van der Waals surface area contributed by atoms with E-state index in [0.717, 1.165) is 24.8 Å². The standard InChI is InChI=1S/C23H25NO4/c1-3-24-23(26)15-28-21-12-8-16(13-22(21)27-2)7-11-20(25)19-10-9-17-5-4-6-18(17)14-19/h7-14H,3-6,15H2,1-2H3,(H,24,26)/b11-7+. The molecule has 1 aliphatic rings. The summed E-state index contributed by atoms with van der Waals surface area (Å²) in [6.45, 7) is 2.33. The third kappa shape index (κ3) is 4.80. The zero-order valence-electron chi connectivity index (χ0n) is 16.3.